The Balaban J connectivity index is 1.71. The molecule has 0 spiro atoms. The Kier molecular flexibility index (Phi) is 5.21. The van der Waals surface area contributed by atoms with Crippen LogP contribution in [0.3, 0.4) is 0 Å². The van der Waals surface area contributed by atoms with E-state index in [2.05, 4.69) is 41.2 Å². The lowest BCUT2D eigenvalue weighted by Gasteiger charge is -2.41. The van der Waals surface area contributed by atoms with Crippen molar-refractivity contribution < 1.29 is 9.15 Å². The fourth-order valence-corrected chi connectivity index (χ4v) is 4.32. The Morgan fingerprint density at radius 2 is 2.15 bits per heavy atom. The van der Waals surface area contributed by atoms with Crippen LogP contribution in [0, 0.1) is 6.92 Å². The average molecular weight is 371 g/mol. The maximum Gasteiger partial charge on any atom is 0.341 e. The van der Waals surface area contributed by atoms with Gasteiger partial charge in [0.15, 0.2) is 0 Å². The van der Waals surface area contributed by atoms with Gasteiger partial charge in [0.05, 0.1) is 18.2 Å². The van der Waals surface area contributed by atoms with Gasteiger partial charge in [-0.3, -0.25) is 4.90 Å². The molecular formula is C21H29N3O3. The Labute approximate surface area is 160 Å². The Bertz CT molecular complexity index is 892. The van der Waals surface area contributed by atoms with Gasteiger partial charge >= 0.3 is 5.63 Å². The lowest BCUT2D eigenvalue weighted by molar-refractivity contribution is 0.0723. The van der Waals surface area contributed by atoms with Crippen LogP contribution in [0.2, 0.25) is 0 Å². The minimum atomic E-state index is -0.197. The minimum absolute atomic E-state index is 0.197. The Morgan fingerprint density at radius 1 is 1.30 bits per heavy atom. The van der Waals surface area contributed by atoms with E-state index < -0.39 is 0 Å². The summed E-state index contributed by atoms with van der Waals surface area (Å²) >= 11 is 0. The highest BCUT2D eigenvalue weighted by atomic mass is 16.5. The fourth-order valence-electron chi connectivity index (χ4n) is 4.32. The maximum absolute atomic E-state index is 12.5. The van der Waals surface area contributed by atoms with Crippen molar-refractivity contribution in [1.82, 2.24) is 10.2 Å². The standard InChI is InChI=1S/C21H29N3O3/c1-4-26-13-15-12-24(10-9-23(15)3)19-6-5-17-16-7-8-22-11-18(16)21(25)27-20(17)14(19)2/h5-6,15,22H,4,7-13H2,1-3H3/t15-/m1/s1. The van der Waals surface area contributed by atoms with E-state index in [1.54, 1.807) is 0 Å². The highest BCUT2D eigenvalue weighted by molar-refractivity contribution is 5.88. The lowest BCUT2D eigenvalue weighted by atomic mass is 9.96. The molecule has 2 aromatic rings. The topological polar surface area (TPSA) is 58.0 Å². The number of nitrogens with zero attached hydrogens (tertiary/aromatic N) is 2. The summed E-state index contributed by atoms with van der Waals surface area (Å²) in [5, 5.41) is 4.36. The molecule has 0 bridgehead atoms. The summed E-state index contributed by atoms with van der Waals surface area (Å²) < 4.78 is 11.4. The molecule has 0 amide bonds. The number of rotatable bonds is 4. The predicted octanol–water partition coefficient (Wildman–Crippen LogP) is 1.90. The lowest BCUT2D eigenvalue weighted by Crippen LogP contribution is -2.53. The summed E-state index contributed by atoms with van der Waals surface area (Å²) in [6.45, 7) is 9.98. The highest BCUT2D eigenvalue weighted by Crippen LogP contribution is 2.32. The number of hydrogen-bond donors (Lipinski definition) is 1. The van der Waals surface area contributed by atoms with E-state index in [4.69, 9.17) is 9.15 Å². The van der Waals surface area contributed by atoms with Crippen molar-refractivity contribution in [1.29, 1.82) is 0 Å². The van der Waals surface area contributed by atoms with Crippen LogP contribution in [-0.4, -0.2) is 57.4 Å². The first-order valence-electron chi connectivity index (χ1n) is 9.92. The summed E-state index contributed by atoms with van der Waals surface area (Å²) in [5.41, 5.74) is 4.72. The third-order valence-corrected chi connectivity index (χ3v) is 5.99. The van der Waals surface area contributed by atoms with Crippen LogP contribution in [0.25, 0.3) is 11.0 Å². The predicted molar refractivity (Wildman–Crippen MR) is 108 cm³/mol. The van der Waals surface area contributed by atoms with Crippen LogP contribution in [0.4, 0.5) is 5.69 Å². The zero-order valence-corrected chi connectivity index (χ0v) is 16.5. The molecule has 0 saturated carbocycles. The van der Waals surface area contributed by atoms with Gasteiger partial charge in [0, 0.05) is 49.4 Å². The molecular weight excluding hydrogens is 342 g/mol. The largest absolute Gasteiger partial charge is 0.422 e. The molecule has 4 rings (SSSR count). The van der Waals surface area contributed by atoms with Crippen LogP contribution in [-0.2, 0) is 17.7 Å². The molecule has 27 heavy (non-hydrogen) atoms. The second kappa shape index (κ2) is 7.62. The SMILES string of the molecule is CCOC[C@H]1CN(c2ccc3c4c(c(=O)oc3c2C)CNCC4)CCN1C. The van der Waals surface area contributed by atoms with E-state index in [-0.39, 0.29) is 5.63 Å². The number of piperazine rings is 1. The molecule has 2 aliphatic heterocycles. The molecule has 1 saturated heterocycles. The molecule has 6 heteroatoms. The van der Waals surface area contributed by atoms with Gasteiger partial charge in [-0.2, -0.15) is 0 Å². The van der Waals surface area contributed by atoms with Crippen LogP contribution in [0.5, 0.6) is 0 Å². The Hall–Kier alpha value is -1.89. The number of anilines is 1. The second-order valence-electron chi connectivity index (χ2n) is 7.60. The van der Waals surface area contributed by atoms with E-state index in [0.717, 1.165) is 79.2 Å². The molecule has 3 heterocycles. The van der Waals surface area contributed by atoms with Gasteiger partial charge in [-0.1, -0.05) is 0 Å². The van der Waals surface area contributed by atoms with Crippen molar-refractivity contribution in [3.8, 4) is 0 Å². The van der Waals surface area contributed by atoms with E-state index in [9.17, 15) is 4.79 Å². The molecule has 1 aromatic carbocycles. The average Bonchev–Trinajstić information content (AvgIpc) is 2.69. The van der Waals surface area contributed by atoms with Crippen molar-refractivity contribution in [2.75, 3.05) is 51.3 Å². The second-order valence-corrected chi connectivity index (χ2v) is 7.60. The van der Waals surface area contributed by atoms with Crippen molar-refractivity contribution in [3.63, 3.8) is 0 Å². The van der Waals surface area contributed by atoms with Crippen molar-refractivity contribution in [3.05, 3.63) is 39.2 Å². The third-order valence-electron chi connectivity index (χ3n) is 5.99. The van der Waals surface area contributed by atoms with Gasteiger partial charge < -0.3 is 19.4 Å². The molecule has 1 N–H and O–H groups in total. The molecule has 0 radical (unpaired) electrons. The van der Waals surface area contributed by atoms with Gasteiger partial charge in [-0.05, 0) is 51.6 Å². The molecule has 2 aliphatic rings. The zero-order chi connectivity index (χ0) is 19.0. The number of hydrogen-bond acceptors (Lipinski definition) is 6. The quantitative estimate of drug-likeness (QED) is 0.829. The first-order valence-corrected chi connectivity index (χ1v) is 9.92. The summed E-state index contributed by atoms with van der Waals surface area (Å²) in [4.78, 5) is 17.3. The van der Waals surface area contributed by atoms with Crippen LogP contribution in [0.15, 0.2) is 21.3 Å². The van der Waals surface area contributed by atoms with Crippen LogP contribution in [0.1, 0.15) is 23.6 Å². The summed E-state index contributed by atoms with van der Waals surface area (Å²) in [5.74, 6) is 0. The van der Waals surface area contributed by atoms with E-state index in [0.29, 0.717) is 12.6 Å². The van der Waals surface area contributed by atoms with Gasteiger partial charge in [-0.15, -0.1) is 0 Å². The molecule has 1 atom stereocenters. The van der Waals surface area contributed by atoms with E-state index in [1.807, 2.05) is 6.92 Å². The molecule has 0 aliphatic carbocycles. The molecule has 1 aromatic heterocycles. The van der Waals surface area contributed by atoms with Gasteiger partial charge in [0.2, 0.25) is 0 Å². The smallest absolute Gasteiger partial charge is 0.341 e. The highest BCUT2D eigenvalue weighted by Gasteiger charge is 2.27. The molecule has 146 valence electrons. The van der Waals surface area contributed by atoms with Gasteiger partial charge in [0.1, 0.15) is 5.58 Å². The van der Waals surface area contributed by atoms with Gasteiger partial charge in [0.25, 0.3) is 0 Å². The van der Waals surface area contributed by atoms with E-state index >= 15 is 0 Å². The monoisotopic (exact) mass is 371 g/mol. The van der Waals surface area contributed by atoms with Crippen LogP contribution >= 0.6 is 0 Å². The van der Waals surface area contributed by atoms with Crippen LogP contribution < -0.4 is 15.8 Å². The number of nitrogens with one attached hydrogen (secondary N) is 1. The van der Waals surface area contributed by atoms with Crippen molar-refractivity contribution in [2.24, 2.45) is 0 Å². The summed E-state index contributed by atoms with van der Waals surface area (Å²) in [6, 6.07) is 4.71. The molecule has 6 nitrogen and oxygen atoms in total. The zero-order valence-electron chi connectivity index (χ0n) is 16.5. The first-order chi connectivity index (χ1) is 13.1. The summed E-state index contributed by atoms with van der Waals surface area (Å²) in [7, 11) is 2.16. The number of fused-ring (bicyclic) bond motifs is 3. The Morgan fingerprint density at radius 3 is 2.96 bits per heavy atom. The number of benzene rings is 1. The molecule has 0 unspecified atom stereocenters. The summed E-state index contributed by atoms with van der Waals surface area (Å²) in [6.07, 6.45) is 0.876. The van der Waals surface area contributed by atoms with Gasteiger partial charge in [-0.25, -0.2) is 4.79 Å². The number of likely N-dealkylation sites (N-methyl/N-ethyl adjacent to an activating group) is 1. The maximum atomic E-state index is 12.5. The number of aryl methyl sites for hydroxylation is 1. The first kappa shape index (κ1) is 18.5. The number of ether oxygens (including phenoxy) is 1. The fraction of sp³-hybridized carbons (Fsp3) is 0.571. The minimum Gasteiger partial charge on any atom is -0.422 e. The van der Waals surface area contributed by atoms with Crippen molar-refractivity contribution >= 4 is 16.7 Å². The normalized spacial score (nSPS) is 20.9. The molecule has 1 fully saturated rings. The third kappa shape index (κ3) is 3.37. The van der Waals surface area contributed by atoms with Crippen molar-refractivity contribution in [2.45, 2.75) is 32.9 Å². The van der Waals surface area contributed by atoms with E-state index in [1.165, 1.54) is 0 Å².